The van der Waals surface area contributed by atoms with Gasteiger partial charge in [-0.25, -0.2) is 4.98 Å². The summed E-state index contributed by atoms with van der Waals surface area (Å²) in [5.74, 6) is 0.554. The van der Waals surface area contributed by atoms with Gasteiger partial charge in [-0.3, -0.25) is 9.59 Å². The van der Waals surface area contributed by atoms with Crippen LogP contribution < -0.4 is 25.2 Å². The first kappa shape index (κ1) is 20.1. The molecule has 1 fully saturated rings. The van der Waals surface area contributed by atoms with Crippen molar-refractivity contribution in [1.82, 2.24) is 19.9 Å². The lowest BCUT2D eigenvalue weighted by atomic mass is 10.1. The quantitative estimate of drug-likeness (QED) is 0.614. The van der Waals surface area contributed by atoms with E-state index >= 15 is 0 Å². The number of methoxy groups -OCH3 is 2. The Hall–Kier alpha value is -3.18. The molecule has 0 unspecified atom stereocenters. The number of carbonyl (C=O) groups excluding carboxylic acids is 1. The summed E-state index contributed by atoms with van der Waals surface area (Å²) < 4.78 is 17.2. The molecule has 0 spiro atoms. The Balaban J connectivity index is 1.55. The molecule has 1 amide bonds. The Labute approximate surface area is 176 Å². The fraction of sp³-hybridized carbons (Fsp3) is 0.368. The van der Waals surface area contributed by atoms with Crippen LogP contribution in [-0.2, 0) is 11.3 Å². The van der Waals surface area contributed by atoms with Crippen LogP contribution in [-0.4, -0.2) is 61.0 Å². The molecule has 2 aromatic heterocycles. The van der Waals surface area contributed by atoms with E-state index in [1.165, 1.54) is 29.2 Å². The highest BCUT2D eigenvalue weighted by Gasteiger charge is 2.20. The normalized spacial score (nSPS) is 14.0. The van der Waals surface area contributed by atoms with E-state index in [-0.39, 0.29) is 12.1 Å². The third-order valence-electron chi connectivity index (χ3n) is 4.73. The average molecular weight is 431 g/mol. The van der Waals surface area contributed by atoms with Crippen LogP contribution in [0.4, 0.5) is 5.13 Å². The zero-order valence-corrected chi connectivity index (χ0v) is 17.4. The predicted molar refractivity (Wildman–Crippen MR) is 111 cm³/mol. The molecule has 3 aromatic rings. The summed E-state index contributed by atoms with van der Waals surface area (Å²) in [4.78, 5) is 32.2. The van der Waals surface area contributed by atoms with Crippen LogP contribution in [0.5, 0.6) is 11.5 Å². The number of carbonyl (C=O) groups is 1. The van der Waals surface area contributed by atoms with Crippen LogP contribution in [0.1, 0.15) is 15.9 Å². The number of hydrogen-bond donors (Lipinski definition) is 1. The van der Waals surface area contributed by atoms with Crippen molar-refractivity contribution in [2.75, 3.05) is 45.4 Å². The minimum Gasteiger partial charge on any atom is -0.493 e. The Morgan fingerprint density at radius 1 is 1.27 bits per heavy atom. The molecule has 11 heteroatoms. The number of hydrogen-bond acceptors (Lipinski definition) is 9. The number of fused-ring (bicyclic) bond motifs is 1. The summed E-state index contributed by atoms with van der Waals surface area (Å²) in [5, 5.41) is 7.78. The molecule has 10 nitrogen and oxygen atoms in total. The molecule has 0 bridgehead atoms. The van der Waals surface area contributed by atoms with Crippen molar-refractivity contribution in [2.45, 2.75) is 6.54 Å². The van der Waals surface area contributed by atoms with E-state index < -0.39 is 11.5 Å². The van der Waals surface area contributed by atoms with Gasteiger partial charge in [-0.2, -0.15) is 4.52 Å². The molecular weight excluding hydrogens is 410 g/mol. The molecule has 0 saturated carbocycles. The maximum absolute atomic E-state index is 12.8. The molecule has 0 aliphatic carbocycles. The van der Waals surface area contributed by atoms with Crippen molar-refractivity contribution >= 4 is 27.3 Å². The topological polar surface area (TPSA) is 107 Å². The molecular formula is C19H21N5O5S. The van der Waals surface area contributed by atoms with Crippen molar-refractivity contribution in [3.8, 4) is 11.5 Å². The minimum absolute atomic E-state index is 0.0757. The number of ether oxygens (including phenoxy) is 3. The number of nitrogens with one attached hydrogen (secondary N) is 1. The Morgan fingerprint density at radius 2 is 2.07 bits per heavy atom. The Bertz CT molecular complexity index is 1120. The predicted octanol–water partition coefficient (Wildman–Crippen LogP) is 0.935. The molecule has 1 aromatic carbocycles. The van der Waals surface area contributed by atoms with E-state index in [4.69, 9.17) is 14.2 Å². The van der Waals surface area contributed by atoms with Gasteiger partial charge in [-0.15, -0.1) is 5.10 Å². The van der Waals surface area contributed by atoms with Gasteiger partial charge in [-0.1, -0.05) is 23.5 Å². The average Bonchev–Trinajstić information content (AvgIpc) is 3.23. The highest BCUT2D eigenvalue weighted by Crippen LogP contribution is 2.30. The van der Waals surface area contributed by atoms with Crippen LogP contribution >= 0.6 is 11.3 Å². The number of benzene rings is 1. The second-order valence-corrected chi connectivity index (χ2v) is 7.43. The molecule has 0 atom stereocenters. The highest BCUT2D eigenvalue weighted by atomic mass is 32.1. The maximum atomic E-state index is 12.8. The van der Waals surface area contributed by atoms with Gasteiger partial charge in [0.2, 0.25) is 10.1 Å². The number of rotatable bonds is 6. The second kappa shape index (κ2) is 8.67. The van der Waals surface area contributed by atoms with Crippen molar-refractivity contribution < 1.29 is 19.0 Å². The molecule has 1 aliphatic rings. The third kappa shape index (κ3) is 3.81. The monoisotopic (exact) mass is 431 g/mol. The molecule has 158 valence electrons. The van der Waals surface area contributed by atoms with E-state index in [0.717, 1.165) is 5.56 Å². The summed E-state index contributed by atoms with van der Waals surface area (Å²) in [6, 6.07) is 5.38. The van der Waals surface area contributed by atoms with Crippen LogP contribution in [0.15, 0.2) is 29.2 Å². The summed E-state index contributed by atoms with van der Waals surface area (Å²) in [5.41, 5.74) is 0.140. The third-order valence-corrected chi connectivity index (χ3v) is 5.71. The maximum Gasteiger partial charge on any atom is 0.288 e. The van der Waals surface area contributed by atoms with Crippen molar-refractivity contribution in [2.24, 2.45) is 0 Å². The van der Waals surface area contributed by atoms with Crippen molar-refractivity contribution in [3.05, 3.63) is 45.9 Å². The number of nitrogens with zero attached hydrogens (tertiary/aromatic N) is 4. The van der Waals surface area contributed by atoms with Gasteiger partial charge in [0.25, 0.3) is 11.5 Å². The number of anilines is 1. The summed E-state index contributed by atoms with van der Waals surface area (Å²) in [7, 11) is 3.07. The minimum atomic E-state index is -0.535. The lowest BCUT2D eigenvalue weighted by molar-refractivity contribution is 0.0948. The van der Waals surface area contributed by atoms with Crippen molar-refractivity contribution in [1.29, 1.82) is 0 Å². The molecule has 30 heavy (non-hydrogen) atoms. The number of amides is 1. The van der Waals surface area contributed by atoms with Gasteiger partial charge < -0.3 is 24.4 Å². The molecule has 4 rings (SSSR count). The molecule has 0 radical (unpaired) electrons. The Kier molecular flexibility index (Phi) is 5.81. The van der Waals surface area contributed by atoms with E-state index in [2.05, 4.69) is 15.4 Å². The van der Waals surface area contributed by atoms with Crippen LogP contribution in [0.2, 0.25) is 0 Å². The molecule has 1 N–H and O–H groups in total. The molecule has 3 heterocycles. The standard InChI is InChI=1S/C19H21N5O5S/c1-27-14-5-3-4-12(15(14)28-2)10-20-16(25)13-11-21-18-24(17(13)26)22-19(30-18)23-6-8-29-9-7-23/h3-5,11H,6-10H2,1-2H3,(H,20,25). The van der Waals surface area contributed by atoms with Gasteiger partial charge in [-0.05, 0) is 6.07 Å². The first-order valence-corrected chi connectivity index (χ1v) is 10.1. The Morgan fingerprint density at radius 3 is 2.80 bits per heavy atom. The molecule has 1 saturated heterocycles. The van der Waals surface area contributed by atoms with Crippen LogP contribution in [0, 0.1) is 0 Å². The smallest absolute Gasteiger partial charge is 0.288 e. The van der Waals surface area contributed by atoms with E-state index in [0.29, 0.717) is 47.9 Å². The van der Waals surface area contributed by atoms with Gasteiger partial charge in [0.1, 0.15) is 5.56 Å². The number of para-hydroxylation sites is 1. The number of aromatic nitrogens is 3. The fourth-order valence-corrected chi connectivity index (χ4v) is 4.09. The summed E-state index contributed by atoms with van der Waals surface area (Å²) >= 11 is 1.31. The summed E-state index contributed by atoms with van der Waals surface area (Å²) in [6.45, 7) is 2.78. The lowest BCUT2D eigenvalue weighted by Crippen LogP contribution is -2.36. The zero-order valence-electron chi connectivity index (χ0n) is 16.6. The van der Waals surface area contributed by atoms with E-state index in [9.17, 15) is 9.59 Å². The van der Waals surface area contributed by atoms with E-state index in [1.54, 1.807) is 19.2 Å². The van der Waals surface area contributed by atoms with E-state index in [1.807, 2.05) is 11.0 Å². The van der Waals surface area contributed by atoms with Gasteiger partial charge in [0, 0.05) is 31.4 Å². The molecule has 1 aliphatic heterocycles. The number of morpholine rings is 1. The fourth-order valence-electron chi connectivity index (χ4n) is 3.18. The zero-order chi connectivity index (χ0) is 21.1. The van der Waals surface area contributed by atoms with Crippen LogP contribution in [0.3, 0.4) is 0 Å². The second-order valence-electron chi connectivity index (χ2n) is 6.49. The van der Waals surface area contributed by atoms with Crippen molar-refractivity contribution in [3.63, 3.8) is 0 Å². The van der Waals surface area contributed by atoms with Gasteiger partial charge in [0.15, 0.2) is 11.5 Å². The largest absolute Gasteiger partial charge is 0.493 e. The van der Waals surface area contributed by atoms with Gasteiger partial charge in [0.05, 0.1) is 27.4 Å². The first-order valence-electron chi connectivity index (χ1n) is 9.32. The first-order chi connectivity index (χ1) is 14.6. The highest BCUT2D eigenvalue weighted by molar-refractivity contribution is 7.20. The van der Waals surface area contributed by atoms with Gasteiger partial charge >= 0.3 is 0 Å². The SMILES string of the molecule is COc1cccc(CNC(=O)c2cnc3sc(N4CCOCC4)nn3c2=O)c1OC. The lowest BCUT2D eigenvalue weighted by Gasteiger charge is -2.25. The summed E-state index contributed by atoms with van der Waals surface area (Å²) in [6.07, 6.45) is 1.29. The van der Waals surface area contributed by atoms with Crippen LogP contribution in [0.25, 0.3) is 4.96 Å².